The van der Waals surface area contributed by atoms with Gasteiger partial charge in [0.1, 0.15) is 16.8 Å². The lowest BCUT2D eigenvalue weighted by Crippen LogP contribution is -2.49. The molecular weight excluding hydrogens is 725 g/mol. The maximum Gasteiger partial charge on any atom is 0.335 e. The van der Waals surface area contributed by atoms with Crippen LogP contribution in [0.2, 0.25) is 0 Å². The molecule has 288 valence electrons. The van der Waals surface area contributed by atoms with Crippen LogP contribution < -0.4 is 15.5 Å². The number of pyridine rings is 2. The van der Waals surface area contributed by atoms with Gasteiger partial charge < -0.3 is 40.4 Å². The molecule has 4 amide bonds. The van der Waals surface area contributed by atoms with Crippen LogP contribution in [0.1, 0.15) is 59.4 Å². The lowest BCUT2D eigenvalue weighted by atomic mass is 10.1. The molecule has 0 radical (unpaired) electrons. The van der Waals surface area contributed by atoms with E-state index in [4.69, 9.17) is 4.84 Å². The molecule has 3 rings (SSSR count). The Balaban J connectivity index is 1.53. The van der Waals surface area contributed by atoms with Crippen molar-refractivity contribution in [3.8, 4) is 11.8 Å². The van der Waals surface area contributed by atoms with Gasteiger partial charge in [-0.3, -0.25) is 24.2 Å². The minimum atomic E-state index is -1.26. The molecule has 3 aromatic rings. The number of rotatable bonds is 22. The van der Waals surface area contributed by atoms with Crippen molar-refractivity contribution >= 4 is 51.2 Å². The van der Waals surface area contributed by atoms with Crippen molar-refractivity contribution in [2.45, 2.75) is 49.6 Å². The van der Waals surface area contributed by atoms with Gasteiger partial charge in [0.25, 0.3) is 11.8 Å². The summed E-state index contributed by atoms with van der Waals surface area (Å²) in [6.07, 6.45) is 5.32. The number of nitrogens with one attached hydrogen (secondary N) is 2. The molecule has 0 aliphatic carbocycles. The van der Waals surface area contributed by atoms with Crippen LogP contribution in [0.4, 0.5) is 0 Å². The van der Waals surface area contributed by atoms with Crippen molar-refractivity contribution in [1.82, 2.24) is 40.0 Å². The summed E-state index contributed by atoms with van der Waals surface area (Å²) in [6.45, 7) is 1.31. The minimum Gasteiger partial charge on any atom is -0.492 e. The summed E-state index contributed by atoms with van der Waals surface area (Å²) in [5, 5.41) is 26.2. The van der Waals surface area contributed by atoms with Crippen LogP contribution in [0.15, 0.2) is 59.9 Å². The average molecular weight is 773 g/mol. The number of unbranched alkanes of at least 4 members (excludes halogenated alkanes) is 2. The molecular formula is C35H48N8O8S2. The van der Waals surface area contributed by atoms with E-state index < -0.39 is 47.9 Å². The predicted molar refractivity (Wildman–Crippen MR) is 201 cm³/mol. The van der Waals surface area contributed by atoms with E-state index in [0.29, 0.717) is 30.7 Å². The van der Waals surface area contributed by atoms with E-state index in [-0.39, 0.29) is 36.7 Å². The maximum atomic E-state index is 13.4. The molecule has 18 heteroatoms. The second kappa shape index (κ2) is 22.3. The molecule has 0 fully saturated rings. The molecule has 0 saturated heterocycles. The summed E-state index contributed by atoms with van der Waals surface area (Å²) in [6, 6.07) is 9.82. The number of amides is 4. The number of aromatic nitrogens is 3. The Labute approximate surface area is 317 Å². The Morgan fingerprint density at radius 1 is 0.849 bits per heavy atom. The molecule has 0 saturated carbocycles. The first kappa shape index (κ1) is 42.6. The van der Waals surface area contributed by atoms with Gasteiger partial charge in [0, 0.05) is 77.0 Å². The number of hydrogen-bond acceptors (Lipinski definition) is 13. The summed E-state index contributed by atoms with van der Waals surface area (Å²) in [5.41, 5.74) is 0.154. The summed E-state index contributed by atoms with van der Waals surface area (Å²) >= 11 is 0. The lowest BCUT2D eigenvalue weighted by Gasteiger charge is -2.27. The van der Waals surface area contributed by atoms with Gasteiger partial charge in [0.05, 0.1) is 12.0 Å². The number of aromatic hydroxyl groups is 2. The molecule has 4 N–H and O–H groups in total. The third-order valence-corrected chi connectivity index (χ3v) is 10.2. The fourth-order valence-electron chi connectivity index (χ4n) is 4.84. The number of likely N-dealkylation sites (N-methyl/N-ethyl adjacent to an activating group) is 2. The third kappa shape index (κ3) is 14.3. The van der Waals surface area contributed by atoms with Crippen LogP contribution in [-0.2, 0) is 14.4 Å². The van der Waals surface area contributed by atoms with Gasteiger partial charge in [-0.05, 0) is 68.4 Å². The average Bonchev–Trinajstić information content (AvgIpc) is 3.46. The molecule has 16 nitrogen and oxygen atoms in total. The topological polar surface area (TPSA) is 200 Å². The van der Waals surface area contributed by atoms with Crippen molar-refractivity contribution in [2.75, 3.05) is 60.1 Å². The van der Waals surface area contributed by atoms with Crippen molar-refractivity contribution < 1.29 is 39.0 Å². The van der Waals surface area contributed by atoms with E-state index in [2.05, 4.69) is 20.6 Å². The Kier molecular flexibility index (Phi) is 17.9. The molecule has 3 heterocycles. The van der Waals surface area contributed by atoms with E-state index in [9.17, 15) is 34.2 Å². The first-order valence-electron chi connectivity index (χ1n) is 17.1. The third-order valence-electron chi connectivity index (χ3n) is 7.83. The van der Waals surface area contributed by atoms with E-state index in [1.807, 2.05) is 37.2 Å². The van der Waals surface area contributed by atoms with Crippen LogP contribution >= 0.6 is 21.6 Å². The summed E-state index contributed by atoms with van der Waals surface area (Å²) < 4.78 is 0.510. The van der Waals surface area contributed by atoms with Gasteiger partial charge in [0.2, 0.25) is 23.6 Å². The number of nitrogens with zero attached hydrogens (tertiary/aromatic N) is 6. The van der Waals surface area contributed by atoms with Crippen LogP contribution in [-0.4, -0.2) is 135 Å². The molecule has 0 aliphatic rings. The Morgan fingerprint density at radius 3 is 2.28 bits per heavy atom. The number of carbonyl (C=O) groups excluding carboxylic acids is 5. The monoisotopic (exact) mass is 772 g/mol. The quantitative estimate of drug-likeness (QED) is 0.0859. The van der Waals surface area contributed by atoms with Crippen LogP contribution in [0.3, 0.4) is 0 Å². The zero-order valence-electron chi connectivity index (χ0n) is 30.4. The highest BCUT2D eigenvalue weighted by Gasteiger charge is 2.31. The smallest absolute Gasteiger partial charge is 0.335 e. The van der Waals surface area contributed by atoms with Crippen molar-refractivity contribution in [3.63, 3.8) is 0 Å². The minimum absolute atomic E-state index is 0.00185. The van der Waals surface area contributed by atoms with Gasteiger partial charge in [0.15, 0.2) is 0 Å². The van der Waals surface area contributed by atoms with Gasteiger partial charge in [-0.2, -0.15) is 0 Å². The van der Waals surface area contributed by atoms with E-state index in [1.165, 1.54) is 29.1 Å². The first-order valence-corrected chi connectivity index (χ1v) is 19.4. The molecule has 0 aromatic carbocycles. The lowest BCUT2D eigenvalue weighted by molar-refractivity contribution is -0.150. The van der Waals surface area contributed by atoms with Gasteiger partial charge in [-0.1, -0.05) is 23.3 Å². The predicted octanol–water partition coefficient (Wildman–Crippen LogP) is 2.43. The molecule has 1 atom stereocenters. The van der Waals surface area contributed by atoms with E-state index in [1.54, 1.807) is 40.9 Å². The summed E-state index contributed by atoms with van der Waals surface area (Å²) in [7, 11) is 10.0. The highest BCUT2D eigenvalue weighted by molar-refractivity contribution is 8.76. The van der Waals surface area contributed by atoms with Crippen molar-refractivity contribution in [2.24, 2.45) is 0 Å². The fraction of sp³-hybridized carbons (Fsp3) is 0.457. The Bertz CT molecular complexity index is 1640. The van der Waals surface area contributed by atoms with Gasteiger partial charge in [-0.25, -0.2) is 9.78 Å². The molecule has 1 unspecified atom stereocenters. The standard InChI is InChI=1S/C35H48N8O8S2/c1-40(2)22-20-39-33(48)25-12-10-18-37-32(25)35(50)41(3)21-11-19-38-34(49)26(24-31(47)51-43-29(45)15-16-30(43)46)42(4)28(44)14-6-5-9-23-52-53-27-13-7-8-17-36-27/h7-8,10,12-13,15-18,26,45-46H,5-6,9,11,14,19-24H2,1-4H3,(H,38,49)(H,39,48). The van der Waals surface area contributed by atoms with Crippen LogP contribution in [0.25, 0.3) is 0 Å². The van der Waals surface area contributed by atoms with Crippen LogP contribution in [0, 0.1) is 0 Å². The first-order chi connectivity index (χ1) is 25.4. The second-order valence-corrected chi connectivity index (χ2v) is 14.7. The molecule has 0 bridgehead atoms. The second-order valence-electron chi connectivity index (χ2n) is 12.2. The van der Waals surface area contributed by atoms with E-state index >= 15 is 0 Å². The fourth-order valence-corrected chi connectivity index (χ4v) is 6.86. The molecule has 3 aromatic heterocycles. The van der Waals surface area contributed by atoms with Gasteiger partial charge in [-0.15, -0.1) is 4.73 Å². The molecule has 53 heavy (non-hydrogen) atoms. The van der Waals surface area contributed by atoms with Crippen LogP contribution in [0.5, 0.6) is 11.8 Å². The molecule has 0 spiro atoms. The largest absolute Gasteiger partial charge is 0.492 e. The normalized spacial score (nSPS) is 11.5. The summed E-state index contributed by atoms with van der Waals surface area (Å²) in [4.78, 5) is 83.4. The number of hydrogen-bond donors (Lipinski definition) is 4. The molecule has 0 aliphatic heterocycles. The Morgan fingerprint density at radius 2 is 1.58 bits per heavy atom. The van der Waals surface area contributed by atoms with E-state index in [0.717, 1.165) is 35.8 Å². The maximum absolute atomic E-state index is 13.4. The number of carbonyl (C=O) groups is 5. The SMILES string of the molecule is CN(C)CCNC(=O)c1cccnc1C(=O)N(C)CCCNC(=O)C(CC(=O)On1c(O)ccc1O)N(C)C(=O)CCCCCSSc1ccccn1. The summed E-state index contributed by atoms with van der Waals surface area (Å²) in [5.74, 6) is -3.02. The zero-order valence-corrected chi connectivity index (χ0v) is 32.0. The van der Waals surface area contributed by atoms with Crippen molar-refractivity contribution in [1.29, 1.82) is 0 Å². The highest BCUT2D eigenvalue weighted by atomic mass is 33.1. The van der Waals surface area contributed by atoms with Crippen molar-refractivity contribution in [3.05, 3.63) is 66.1 Å². The zero-order chi connectivity index (χ0) is 38.8. The highest BCUT2D eigenvalue weighted by Crippen LogP contribution is 2.30. The van der Waals surface area contributed by atoms with Gasteiger partial charge >= 0.3 is 5.97 Å². The Hall–Kier alpha value is -4.81.